The number of benzene rings is 3. The molecule has 3 aromatic carbocycles. The quantitative estimate of drug-likeness (QED) is 0.341. The van der Waals surface area contributed by atoms with Crippen molar-refractivity contribution in [3.63, 3.8) is 0 Å². The molecule has 6 nitrogen and oxygen atoms in total. The summed E-state index contributed by atoms with van der Waals surface area (Å²) in [6.07, 6.45) is 5.41. The summed E-state index contributed by atoms with van der Waals surface area (Å²) in [5.41, 5.74) is 6.99. The lowest BCUT2D eigenvalue weighted by Crippen LogP contribution is -2.26. The van der Waals surface area contributed by atoms with Crippen LogP contribution >= 0.6 is 11.6 Å². The van der Waals surface area contributed by atoms with Crippen LogP contribution in [0.25, 0.3) is 22.4 Å². The predicted octanol–water partition coefficient (Wildman–Crippen LogP) is 6.27. The standard InChI is InChI=1S/C29H28ClN5O/c30-19-5-3-18(4-6-19)15-27-29(36)33-24-11-9-21(31-20-7-8-20)16-23(24)28-32-25-17-22(34-13-1-2-14-34)10-12-26(25)35(27)28/h3-6,9-12,16-17,20,27,31H,1-2,7-8,13-15H2,(H,33,36). The zero-order valence-corrected chi connectivity index (χ0v) is 20.8. The van der Waals surface area contributed by atoms with Gasteiger partial charge in [0.1, 0.15) is 11.9 Å². The average Bonchev–Trinajstić information content (AvgIpc) is 3.40. The minimum Gasteiger partial charge on any atom is -0.382 e. The van der Waals surface area contributed by atoms with Crippen LogP contribution in [-0.2, 0) is 11.2 Å². The molecule has 1 unspecified atom stereocenters. The maximum absolute atomic E-state index is 13.7. The van der Waals surface area contributed by atoms with E-state index in [4.69, 9.17) is 16.6 Å². The van der Waals surface area contributed by atoms with E-state index < -0.39 is 6.04 Å². The molecule has 2 aliphatic heterocycles. The van der Waals surface area contributed by atoms with Gasteiger partial charge in [-0.3, -0.25) is 4.79 Å². The van der Waals surface area contributed by atoms with Crippen molar-refractivity contribution in [1.29, 1.82) is 0 Å². The van der Waals surface area contributed by atoms with Gasteiger partial charge in [0.05, 0.1) is 16.7 Å². The maximum atomic E-state index is 13.7. The van der Waals surface area contributed by atoms with Gasteiger partial charge >= 0.3 is 0 Å². The van der Waals surface area contributed by atoms with Crippen molar-refractivity contribution in [3.8, 4) is 11.4 Å². The van der Waals surface area contributed by atoms with Crippen LogP contribution in [0.15, 0.2) is 60.7 Å². The largest absolute Gasteiger partial charge is 0.382 e. The van der Waals surface area contributed by atoms with Crippen LogP contribution in [0, 0.1) is 0 Å². The second-order valence-corrected chi connectivity index (χ2v) is 10.6. The van der Waals surface area contributed by atoms with Gasteiger partial charge in [-0.15, -0.1) is 0 Å². The smallest absolute Gasteiger partial charge is 0.247 e. The summed E-state index contributed by atoms with van der Waals surface area (Å²) in [6.45, 7) is 2.17. The fourth-order valence-corrected chi connectivity index (χ4v) is 5.64. The minimum atomic E-state index is -0.434. The zero-order valence-electron chi connectivity index (χ0n) is 20.0. The summed E-state index contributed by atoms with van der Waals surface area (Å²) in [4.78, 5) is 21.3. The molecule has 3 heterocycles. The Balaban J connectivity index is 1.39. The molecule has 2 fully saturated rings. The van der Waals surface area contributed by atoms with Crippen molar-refractivity contribution in [2.75, 3.05) is 28.6 Å². The lowest BCUT2D eigenvalue weighted by atomic mass is 10.0. The second-order valence-electron chi connectivity index (χ2n) is 10.2. The molecule has 182 valence electrons. The first-order valence-corrected chi connectivity index (χ1v) is 13.2. The van der Waals surface area contributed by atoms with Gasteiger partial charge in [-0.05, 0) is 79.8 Å². The van der Waals surface area contributed by atoms with Gasteiger partial charge in [0.25, 0.3) is 0 Å². The van der Waals surface area contributed by atoms with Gasteiger partial charge in [-0.2, -0.15) is 0 Å². The number of rotatable bonds is 5. The summed E-state index contributed by atoms with van der Waals surface area (Å²) in [5, 5.41) is 7.48. The number of imidazole rings is 1. The zero-order chi connectivity index (χ0) is 24.2. The fourth-order valence-electron chi connectivity index (χ4n) is 5.52. The third-order valence-electron chi connectivity index (χ3n) is 7.57. The molecule has 2 N–H and O–H groups in total. The summed E-state index contributed by atoms with van der Waals surface area (Å²) in [5.74, 6) is 0.797. The van der Waals surface area contributed by atoms with E-state index >= 15 is 0 Å². The van der Waals surface area contributed by atoms with Crippen molar-refractivity contribution < 1.29 is 4.79 Å². The molecule has 1 aliphatic carbocycles. The van der Waals surface area contributed by atoms with E-state index in [1.54, 1.807) is 0 Å². The molecule has 0 bridgehead atoms. The molecule has 4 aromatic rings. The predicted molar refractivity (Wildman–Crippen MR) is 146 cm³/mol. The molecule has 36 heavy (non-hydrogen) atoms. The van der Waals surface area contributed by atoms with Crippen molar-refractivity contribution in [2.24, 2.45) is 0 Å². The van der Waals surface area contributed by atoms with Crippen molar-refractivity contribution in [1.82, 2.24) is 9.55 Å². The molecule has 1 aromatic heterocycles. The number of carbonyl (C=O) groups is 1. The third-order valence-corrected chi connectivity index (χ3v) is 7.82. The Morgan fingerprint density at radius 2 is 1.81 bits per heavy atom. The number of hydrogen-bond acceptors (Lipinski definition) is 4. The molecule has 0 spiro atoms. The summed E-state index contributed by atoms with van der Waals surface area (Å²) in [6, 6.07) is 20.6. The van der Waals surface area contributed by atoms with Crippen molar-refractivity contribution >= 4 is 45.6 Å². The van der Waals surface area contributed by atoms with E-state index in [9.17, 15) is 4.79 Å². The Hall–Kier alpha value is -3.51. The second kappa shape index (κ2) is 8.56. The normalized spacial score (nSPS) is 19.1. The van der Waals surface area contributed by atoms with Gasteiger partial charge in [-0.25, -0.2) is 4.98 Å². The molecule has 7 rings (SSSR count). The Kier molecular flexibility index (Phi) is 5.17. The Morgan fingerprint density at radius 1 is 1.00 bits per heavy atom. The number of nitrogens with zero attached hydrogens (tertiary/aromatic N) is 3. The molecule has 1 saturated heterocycles. The van der Waals surface area contributed by atoms with E-state index in [0.717, 1.165) is 52.4 Å². The van der Waals surface area contributed by atoms with Crippen LogP contribution in [0.4, 0.5) is 17.1 Å². The molecular formula is C29H28ClN5O. The average molecular weight is 498 g/mol. The van der Waals surface area contributed by atoms with Crippen molar-refractivity contribution in [3.05, 3.63) is 71.2 Å². The highest BCUT2D eigenvalue weighted by Gasteiger charge is 2.32. The molecule has 3 aliphatic rings. The van der Waals surface area contributed by atoms with E-state index in [1.807, 2.05) is 30.3 Å². The number of carbonyl (C=O) groups excluding carboxylic acids is 1. The number of aromatic nitrogens is 2. The lowest BCUT2D eigenvalue weighted by molar-refractivity contribution is -0.119. The number of hydrogen-bond donors (Lipinski definition) is 2. The maximum Gasteiger partial charge on any atom is 0.247 e. The van der Waals surface area contributed by atoms with Gasteiger partial charge in [0, 0.05) is 47.5 Å². The molecule has 7 heteroatoms. The number of halogens is 1. The van der Waals surface area contributed by atoms with Crippen LogP contribution in [0.5, 0.6) is 0 Å². The first-order valence-electron chi connectivity index (χ1n) is 12.9. The fraction of sp³-hybridized carbons (Fsp3) is 0.310. The Labute approximate surface area is 215 Å². The van der Waals surface area contributed by atoms with Crippen molar-refractivity contribution in [2.45, 2.75) is 44.2 Å². The highest BCUT2D eigenvalue weighted by molar-refractivity contribution is 6.30. The highest BCUT2D eigenvalue weighted by Crippen LogP contribution is 2.40. The van der Waals surface area contributed by atoms with Crippen LogP contribution < -0.4 is 15.5 Å². The van der Waals surface area contributed by atoms with Crippen LogP contribution in [0.2, 0.25) is 5.02 Å². The van der Waals surface area contributed by atoms with Gasteiger partial charge in [-0.1, -0.05) is 23.7 Å². The van der Waals surface area contributed by atoms with E-state index in [1.165, 1.54) is 31.4 Å². The number of nitrogens with one attached hydrogen (secondary N) is 2. The minimum absolute atomic E-state index is 0.0317. The number of anilines is 3. The molecular weight excluding hydrogens is 470 g/mol. The summed E-state index contributed by atoms with van der Waals surface area (Å²) < 4.78 is 2.14. The number of fused-ring (bicyclic) bond motifs is 5. The monoisotopic (exact) mass is 497 g/mol. The van der Waals surface area contributed by atoms with E-state index in [-0.39, 0.29) is 5.91 Å². The summed E-state index contributed by atoms with van der Waals surface area (Å²) in [7, 11) is 0. The topological polar surface area (TPSA) is 62.2 Å². The Bertz CT molecular complexity index is 1470. The van der Waals surface area contributed by atoms with Crippen LogP contribution in [0.1, 0.15) is 37.3 Å². The SMILES string of the molecule is O=C1Nc2ccc(NC3CC3)cc2-c2nc3cc(N4CCCC4)ccc3n2C1Cc1ccc(Cl)cc1. The molecule has 1 atom stereocenters. The van der Waals surface area contributed by atoms with Gasteiger partial charge in [0.2, 0.25) is 5.91 Å². The molecule has 1 amide bonds. The van der Waals surface area contributed by atoms with Crippen LogP contribution in [-0.4, -0.2) is 34.6 Å². The molecule has 0 radical (unpaired) electrons. The summed E-state index contributed by atoms with van der Waals surface area (Å²) >= 11 is 6.13. The van der Waals surface area contributed by atoms with Gasteiger partial charge < -0.3 is 20.1 Å². The Morgan fingerprint density at radius 3 is 2.58 bits per heavy atom. The van der Waals surface area contributed by atoms with Crippen LogP contribution in [0.3, 0.4) is 0 Å². The third kappa shape index (κ3) is 3.90. The first kappa shape index (κ1) is 21.7. The lowest BCUT2D eigenvalue weighted by Gasteiger charge is -2.20. The van der Waals surface area contributed by atoms with Gasteiger partial charge in [0.15, 0.2) is 0 Å². The van der Waals surface area contributed by atoms with E-state index in [2.05, 4.69) is 50.4 Å². The van der Waals surface area contributed by atoms with E-state index in [0.29, 0.717) is 17.5 Å². The molecule has 1 saturated carbocycles. The highest BCUT2D eigenvalue weighted by atomic mass is 35.5. The number of amides is 1. The first-order chi connectivity index (χ1) is 17.6.